The molecule has 0 spiro atoms. The molecule has 1 saturated carbocycles. The third-order valence-corrected chi connectivity index (χ3v) is 6.86. The fourth-order valence-electron chi connectivity index (χ4n) is 5.16. The fraction of sp³-hybridized carbons (Fsp3) is 0.385. The topological polar surface area (TPSA) is 66.8 Å². The second kappa shape index (κ2) is 7.88. The van der Waals surface area contributed by atoms with Crippen molar-refractivity contribution in [3.8, 4) is 5.75 Å². The maximum absolute atomic E-state index is 13.2. The summed E-state index contributed by atoms with van der Waals surface area (Å²) in [6.07, 6.45) is 5.59. The van der Waals surface area contributed by atoms with Gasteiger partial charge in [-0.05, 0) is 54.2 Å². The molecule has 1 amide bonds. The molecule has 1 aliphatic carbocycles. The first-order chi connectivity index (χ1) is 15.1. The number of nitrogens with zero attached hydrogens (tertiary/aromatic N) is 1. The highest BCUT2D eigenvalue weighted by Gasteiger charge is 2.49. The quantitative estimate of drug-likeness (QED) is 0.450. The summed E-state index contributed by atoms with van der Waals surface area (Å²) in [5.74, 6) is -0.374. The number of likely N-dealkylation sites (tertiary alicyclic amines) is 1. The molecule has 31 heavy (non-hydrogen) atoms. The number of aryl methyl sites for hydroxylation is 1. The number of aliphatic hydroxyl groups excluding tert-OH is 1. The van der Waals surface area contributed by atoms with Crippen molar-refractivity contribution in [2.75, 3.05) is 6.61 Å². The Kier molecular flexibility index (Phi) is 5.05. The van der Waals surface area contributed by atoms with Crippen molar-refractivity contribution < 1.29 is 19.4 Å². The largest absolute Gasteiger partial charge is 0.507 e. The fourth-order valence-corrected chi connectivity index (χ4v) is 5.16. The van der Waals surface area contributed by atoms with Crippen LogP contribution in [0.1, 0.15) is 60.9 Å². The Morgan fingerprint density at radius 1 is 1.10 bits per heavy atom. The van der Waals surface area contributed by atoms with E-state index in [2.05, 4.69) is 6.92 Å². The van der Waals surface area contributed by atoms with Crippen LogP contribution in [0, 0.1) is 0 Å². The maximum atomic E-state index is 13.2. The van der Waals surface area contributed by atoms with Crippen LogP contribution in [0.2, 0.25) is 0 Å². The molecule has 1 saturated heterocycles. The van der Waals surface area contributed by atoms with Crippen LogP contribution in [0.5, 0.6) is 5.75 Å². The van der Waals surface area contributed by atoms with Crippen LogP contribution >= 0.6 is 0 Å². The van der Waals surface area contributed by atoms with E-state index >= 15 is 0 Å². The zero-order valence-corrected chi connectivity index (χ0v) is 17.8. The molecule has 2 aliphatic heterocycles. The summed E-state index contributed by atoms with van der Waals surface area (Å²) in [7, 11) is 0. The van der Waals surface area contributed by atoms with Gasteiger partial charge in [0.15, 0.2) is 0 Å². The maximum Gasteiger partial charge on any atom is 0.295 e. The second-order valence-electron chi connectivity index (χ2n) is 8.66. The van der Waals surface area contributed by atoms with Gasteiger partial charge in [-0.1, -0.05) is 44.0 Å². The lowest BCUT2D eigenvalue weighted by Crippen LogP contribution is -2.37. The van der Waals surface area contributed by atoms with Crippen molar-refractivity contribution in [1.29, 1.82) is 0 Å². The Morgan fingerprint density at radius 3 is 2.55 bits per heavy atom. The summed E-state index contributed by atoms with van der Waals surface area (Å²) in [4.78, 5) is 28.1. The van der Waals surface area contributed by atoms with Crippen LogP contribution in [0.4, 0.5) is 0 Å². The van der Waals surface area contributed by atoms with Gasteiger partial charge >= 0.3 is 0 Å². The number of hydrogen-bond donors (Lipinski definition) is 1. The molecule has 2 aromatic carbocycles. The van der Waals surface area contributed by atoms with Crippen LogP contribution in [-0.2, 0) is 22.4 Å². The number of rotatable bonds is 4. The van der Waals surface area contributed by atoms with Gasteiger partial charge in [0.05, 0.1) is 18.2 Å². The number of Topliss-reactive ketones (excluding diaryl/α,β-unsaturated/α-hetero) is 1. The summed E-state index contributed by atoms with van der Waals surface area (Å²) in [5.41, 5.74) is 3.83. The third-order valence-electron chi connectivity index (χ3n) is 6.86. The highest BCUT2D eigenvalue weighted by Crippen LogP contribution is 2.43. The van der Waals surface area contributed by atoms with Gasteiger partial charge < -0.3 is 14.7 Å². The van der Waals surface area contributed by atoms with Gasteiger partial charge in [0, 0.05) is 18.0 Å². The molecule has 2 heterocycles. The highest BCUT2D eigenvalue weighted by molar-refractivity contribution is 6.46. The molecule has 2 fully saturated rings. The van der Waals surface area contributed by atoms with Crippen LogP contribution in [0.15, 0.2) is 48.0 Å². The monoisotopic (exact) mass is 417 g/mol. The molecule has 0 radical (unpaired) electrons. The number of hydrogen-bond acceptors (Lipinski definition) is 4. The summed E-state index contributed by atoms with van der Waals surface area (Å²) in [5, 5.41) is 11.3. The smallest absolute Gasteiger partial charge is 0.295 e. The molecule has 0 aromatic heterocycles. The van der Waals surface area contributed by atoms with Gasteiger partial charge in [-0.25, -0.2) is 0 Å². The molecule has 5 heteroatoms. The van der Waals surface area contributed by atoms with Crippen molar-refractivity contribution in [1.82, 2.24) is 4.90 Å². The zero-order chi connectivity index (χ0) is 21.5. The van der Waals surface area contributed by atoms with Gasteiger partial charge in [0.2, 0.25) is 0 Å². The molecule has 5 nitrogen and oxygen atoms in total. The lowest BCUT2D eigenvalue weighted by atomic mass is 9.93. The van der Waals surface area contributed by atoms with E-state index in [1.54, 1.807) is 11.0 Å². The number of benzene rings is 2. The van der Waals surface area contributed by atoms with E-state index in [0.717, 1.165) is 55.4 Å². The predicted octanol–water partition coefficient (Wildman–Crippen LogP) is 4.55. The summed E-state index contributed by atoms with van der Waals surface area (Å²) in [6, 6.07) is 13.0. The van der Waals surface area contributed by atoms with E-state index in [-0.39, 0.29) is 17.4 Å². The lowest BCUT2D eigenvalue weighted by Gasteiger charge is -2.30. The van der Waals surface area contributed by atoms with E-state index in [0.29, 0.717) is 12.2 Å². The first kappa shape index (κ1) is 19.9. The average Bonchev–Trinajstić information content (AvgIpc) is 3.53. The number of ether oxygens (including phenoxy) is 1. The molecule has 5 rings (SSSR count). The first-order valence-electron chi connectivity index (χ1n) is 11.2. The van der Waals surface area contributed by atoms with Gasteiger partial charge in [0.25, 0.3) is 11.7 Å². The Labute approximate surface area is 182 Å². The molecule has 2 aromatic rings. The van der Waals surface area contributed by atoms with Crippen molar-refractivity contribution in [2.45, 2.75) is 57.5 Å². The van der Waals surface area contributed by atoms with Crippen LogP contribution in [0.3, 0.4) is 0 Å². The SMILES string of the molecule is CCc1ccc(C2/C(=C(/O)c3ccc4c(c3)CCO4)C(=O)C(=O)N2C2CCCC2)cc1. The Bertz CT molecular complexity index is 1060. The molecule has 0 bridgehead atoms. The standard InChI is InChI=1S/C26H27NO4/c1-2-16-7-9-17(10-8-16)23-22(25(29)26(30)27(23)20-5-3-4-6-20)24(28)19-11-12-21-18(15-19)13-14-31-21/h7-12,15,20,23,28H,2-6,13-14H2,1H3/b24-22-. The van der Waals surface area contributed by atoms with E-state index in [9.17, 15) is 14.7 Å². The van der Waals surface area contributed by atoms with Crippen LogP contribution < -0.4 is 4.74 Å². The minimum Gasteiger partial charge on any atom is -0.507 e. The third kappa shape index (κ3) is 3.32. The minimum atomic E-state index is -0.592. The number of amides is 1. The van der Waals surface area contributed by atoms with Crippen LogP contribution in [0.25, 0.3) is 5.76 Å². The summed E-state index contributed by atoms with van der Waals surface area (Å²) >= 11 is 0. The molecule has 1 N–H and O–H groups in total. The van der Waals surface area contributed by atoms with Crippen molar-refractivity contribution in [3.63, 3.8) is 0 Å². The number of carbonyl (C=O) groups excluding carboxylic acids is 2. The Balaban J connectivity index is 1.64. The van der Waals surface area contributed by atoms with E-state index in [4.69, 9.17) is 4.74 Å². The number of carbonyl (C=O) groups is 2. The predicted molar refractivity (Wildman–Crippen MR) is 118 cm³/mol. The van der Waals surface area contributed by atoms with Gasteiger partial charge in [-0.2, -0.15) is 0 Å². The number of aliphatic hydroxyl groups is 1. The molecular formula is C26H27NO4. The number of ketones is 1. The van der Waals surface area contributed by atoms with Crippen LogP contribution in [-0.4, -0.2) is 34.3 Å². The molecule has 3 aliphatic rings. The number of fused-ring (bicyclic) bond motifs is 1. The first-order valence-corrected chi connectivity index (χ1v) is 11.2. The molecular weight excluding hydrogens is 390 g/mol. The molecule has 1 unspecified atom stereocenters. The highest BCUT2D eigenvalue weighted by atomic mass is 16.5. The van der Waals surface area contributed by atoms with Crippen molar-refractivity contribution in [2.24, 2.45) is 0 Å². The summed E-state index contributed by atoms with van der Waals surface area (Å²) in [6.45, 7) is 2.71. The van der Waals surface area contributed by atoms with E-state index in [1.807, 2.05) is 36.4 Å². The van der Waals surface area contributed by atoms with E-state index < -0.39 is 17.7 Å². The lowest BCUT2D eigenvalue weighted by molar-refractivity contribution is -0.141. The van der Waals surface area contributed by atoms with Crippen molar-refractivity contribution in [3.05, 3.63) is 70.3 Å². The van der Waals surface area contributed by atoms with Gasteiger partial charge in [0.1, 0.15) is 11.5 Å². The Morgan fingerprint density at radius 2 is 1.84 bits per heavy atom. The molecule has 1 atom stereocenters. The Hall–Kier alpha value is -3.08. The van der Waals surface area contributed by atoms with Gasteiger partial charge in [-0.3, -0.25) is 9.59 Å². The summed E-state index contributed by atoms with van der Waals surface area (Å²) < 4.78 is 5.57. The minimum absolute atomic E-state index is 0.0334. The average molecular weight is 418 g/mol. The zero-order valence-electron chi connectivity index (χ0n) is 17.8. The van der Waals surface area contributed by atoms with Crippen molar-refractivity contribution >= 4 is 17.4 Å². The second-order valence-corrected chi connectivity index (χ2v) is 8.66. The normalized spacial score (nSPS) is 22.7. The molecule has 160 valence electrons. The van der Waals surface area contributed by atoms with Gasteiger partial charge in [-0.15, -0.1) is 0 Å². The van der Waals surface area contributed by atoms with E-state index in [1.165, 1.54) is 5.56 Å².